The van der Waals surface area contributed by atoms with Gasteiger partial charge in [-0.3, -0.25) is 4.79 Å². The van der Waals surface area contributed by atoms with E-state index in [0.717, 1.165) is 23.3 Å². The Hall–Kier alpha value is -3.95. The molecule has 3 heterocycles. The summed E-state index contributed by atoms with van der Waals surface area (Å²) in [5, 5.41) is 2.65. The number of anilines is 1. The molecule has 10 heteroatoms. The Morgan fingerprint density at radius 3 is 2.41 bits per heavy atom. The van der Waals surface area contributed by atoms with Gasteiger partial charge in [-0.15, -0.1) is 0 Å². The number of benzene rings is 1. The van der Waals surface area contributed by atoms with Crippen LogP contribution >= 0.6 is 0 Å². The normalized spacial score (nSPS) is 13.9. The van der Waals surface area contributed by atoms with Gasteiger partial charge in [0.05, 0.1) is 27.9 Å². The van der Waals surface area contributed by atoms with Crippen LogP contribution in [0.1, 0.15) is 41.9 Å². The molecule has 1 aliphatic rings. The number of aromatic nitrogens is 2. The van der Waals surface area contributed by atoms with E-state index < -0.39 is 5.91 Å². The van der Waals surface area contributed by atoms with Crippen molar-refractivity contribution in [1.82, 2.24) is 9.97 Å². The molecular weight excluding hydrogens is 442 g/mol. The number of amides is 1. The Bertz CT molecular complexity index is 1190. The Balaban J connectivity index is 1.56. The van der Waals surface area contributed by atoms with E-state index in [1.54, 1.807) is 6.07 Å². The molecule has 0 saturated heterocycles. The van der Waals surface area contributed by atoms with Crippen LogP contribution in [-0.4, -0.2) is 43.8 Å². The second kappa shape index (κ2) is 9.12. The Morgan fingerprint density at radius 2 is 1.76 bits per heavy atom. The van der Waals surface area contributed by atoms with Crippen LogP contribution in [0.3, 0.4) is 0 Å². The number of nitrogens with zero attached hydrogens (tertiary/aromatic N) is 2. The smallest absolute Gasteiger partial charge is 0.322 e. The number of furan rings is 1. The summed E-state index contributed by atoms with van der Waals surface area (Å²) < 4.78 is 32.9. The lowest BCUT2D eigenvalue weighted by Gasteiger charge is -2.33. The molecule has 0 fully saturated rings. The SMILES string of the molecule is COc1nc(OC)c(NC(=O)c2ccc(Oc3cc4c(cc3C)OCCC4(C)C)o2)c(OC)n1. The van der Waals surface area contributed by atoms with E-state index in [-0.39, 0.29) is 40.6 Å². The van der Waals surface area contributed by atoms with Crippen molar-refractivity contribution >= 4 is 11.6 Å². The Labute approximate surface area is 197 Å². The summed E-state index contributed by atoms with van der Waals surface area (Å²) in [7, 11) is 4.22. The lowest BCUT2D eigenvalue weighted by molar-refractivity contribution is 0.0990. The molecule has 0 radical (unpaired) electrons. The molecule has 10 nitrogen and oxygen atoms in total. The van der Waals surface area contributed by atoms with Crippen LogP contribution in [0, 0.1) is 6.92 Å². The molecule has 1 amide bonds. The first kappa shape index (κ1) is 23.2. The van der Waals surface area contributed by atoms with Crippen LogP contribution in [0.4, 0.5) is 5.69 Å². The number of carbonyl (C=O) groups is 1. The quantitative estimate of drug-likeness (QED) is 0.534. The first-order chi connectivity index (χ1) is 16.2. The average Bonchev–Trinajstić information content (AvgIpc) is 3.28. The molecular formula is C24H27N3O7. The summed E-state index contributed by atoms with van der Waals surface area (Å²) in [4.78, 5) is 21.0. The minimum atomic E-state index is -0.558. The molecule has 0 saturated carbocycles. The van der Waals surface area contributed by atoms with Crippen LogP contribution in [0.5, 0.6) is 35.2 Å². The van der Waals surface area contributed by atoms with E-state index in [9.17, 15) is 4.79 Å². The molecule has 0 atom stereocenters. The zero-order chi connectivity index (χ0) is 24.5. The molecule has 34 heavy (non-hydrogen) atoms. The lowest BCUT2D eigenvalue weighted by atomic mass is 9.79. The number of carbonyl (C=O) groups excluding carboxylic acids is 1. The molecule has 0 spiro atoms. The minimum Gasteiger partial charge on any atom is -0.493 e. The largest absolute Gasteiger partial charge is 0.493 e. The van der Waals surface area contributed by atoms with Crippen molar-refractivity contribution in [3.8, 4) is 35.2 Å². The molecule has 0 unspecified atom stereocenters. The molecule has 0 aliphatic carbocycles. The van der Waals surface area contributed by atoms with Gasteiger partial charge >= 0.3 is 6.01 Å². The van der Waals surface area contributed by atoms with Crippen molar-refractivity contribution in [3.63, 3.8) is 0 Å². The topological polar surface area (TPSA) is 114 Å². The van der Waals surface area contributed by atoms with Gasteiger partial charge in [-0.2, -0.15) is 9.97 Å². The van der Waals surface area contributed by atoms with Gasteiger partial charge < -0.3 is 33.4 Å². The maximum Gasteiger partial charge on any atom is 0.322 e. The molecule has 1 aliphatic heterocycles. The molecule has 1 N–H and O–H groups in total. The highest BCUT2D eigenvalue weighted by atomic mass is 16.6. The number of hydrogen-bond donors (Lipinski definition) is 1. The van der Waals surface area contributed by atoms with Crippen LogP contribution < -0.4 is 29.0 Å². The maximum atomic E-state index is 12.8. The molecule has 1 aromatic carbocycles. The Kier molecular flexibility index (Phi) is 6.23. The summed E-state index contributed by atoms with van der Waals surface area (Å²) in [6.45, 7) is 6.97. The van der Waals surface area contributed by atoms with Crippen LogP contribution in [-0.2, 0) is 5.41 Å². The van der Waals surface area contributed by atoms with Crippen LogP contribution in [0.25, 0.3) is 0 Å². The third-order valence-corrected chi connectivity index (χ3v) is 5.64. The number of aryl methyl sites for hydroxylation is 1. The van der Waals surface area contributed by atoms with E-state index >= 15 is 0 Å². The molecule has 4 rings (SSSR count). The zero-order valence-electron chi connectivity index (χ0n) is 20.0. The number of methoxy groups -OCH3 is 3. The van der Waals surface area contributed by atoms with E-state index in [2.05, 4.69) is 29.1 Å². The summed E-state index contributed by atoms with van der Waals surface area (Å²) in [5.74, 6) is 1.29. The van der Waals surface area contributed by atoms with Crippen molar-refractivity contribution in [2.45, 2.75) is 32.6 Å². The number of fused-ring (bicyclic) bond motifs is 1. The maximum absolute atomic E-state index is 12.8. The second-order valence-electron chi connectivity index (χ2n) is 8.37. The summed E-state index contributed by atoms with van der Waals surface area (Å²) in [6, 6.07) is 7.05. The van der Waals surface area contributed by atoms with Gasteiger partial charge in [0.15, 0.2) is 11.4 Å². The highest BCUT2D eigenvalue weighted by Gasteiger charge is 2.30. The van der Waals surface area contributed by atoms with Crippen LogP contribution in [0.15, 0.2) is 28.7 Å². The fraction of sp³-hybridized carbons (Fsp3) is 0.375. The first-order valence-electron chi connectivity index (χ1n) is 10.7. The van der Waals surface area contributed by atoms with Gasteiger partial charge in [-0.25, -0.2) is 0 Å². The van der Waals surface area contributed by atoms with Crippen LogP contribution in [0.2, 0.25) is 0 Å². The second-order valence-corrected chi connectivity index (χ2v) is 8.37. The van der Waals surface area contributed by atoms with E-state index in [4.69, 9.17) is 28.1 Å². The highest BCUT2D eigenvalue weighted by Crippen LogP contribution is 2.42. The fourth-order valence-corrected chi connectivity index (χ4v) is 3.65. The standard InChI is InChI=1S/C24H27N3O7/c1-13-11-17-14(24(2,3)9-10-32-17)12-16(13)34-18-8-7-15(33-18)20(28)25-19-21(29-4)26-23(31-6)27-22(19)30-5/h7-8,11-12H,9-10H2,1-6H3,(H,25,28). The van der Waals surface area contributed by atoms with Crippen molar-refractivity contribution in [2.75, 3.05) is 33.3 Å². The predicted octanol–water partition coefficient (Wildman–Crippen LogP) is 4.51. The van der Waals surface area contributed by atoms with E-state index in [1.807, 2.05) is 19.1 Å². The number of hydrogen-bond acceptors (Lipinski definition) is 9. The average molecular weight is 469 g/mol. The molecule has 2 aromatic heterocycles. The fourth-order valence-electron chi connectivity index (χ4n) is 3.65. The summed E-state index contributed by atoms with van der Waals surface area (Å²) in [5.41, 5.74) is 2.07. The minimum absolute atomic E-state index is 0.0224. The van der Waals surface area contributed by atoms with Crippen molar-refractivity contribution < 1.29 is 32.9 Å². The highest BCUT2D eigenvalue weighted by molar-refractivity contribution is 6.03. The number of rotatable bonds is 7. The van der Waals surface area contributed by atoms with Gasteiger partial charge in [0.1, 0.15) is 11.5 Å². The van der Waals surface area contributed by atoms with E-state index in [0.29, 0.717) is 12.4 Å². The lowest BCUT2D eigenvalue weighted by Crippen LogP contribution is -2.26. The van der Waals surface area contributed by atoms with Gasteiger partial charge in [0.25, 0.3) is 11.9 Å². The summed E-state index contributed by atoms with van der Waals surface area (Å²) >= 11 is 0. The van der Waals surface area contributed by atoms with Gasteiger partial charge in [-0.1, -0.05) is 13.8 Å². The van der Waals surface area contributed by atoms with Crippen molar-refractivity contribution in [3.05, 3.63) is 41.2 Å². The van der Waals surface area contributed by atoms with Gasteiger partial charge in [0, 0.05) is 11.6 Å². The third-order valence-electron chi connectivity index (χ3n) is 5.64. The number of nitrogens with one attached hydrogen (secondary N) is 1. The molecule has 180 valence electrons. The van der Waals surface area contributed by atoms with E-state index in [1.165, 1.54) is 27.4 Å². The monoisotopic (exact) mass is 469 g/mol. The number of ether oxygens (including phenoxy) is 5. The van der Waals surface area contributed by atoms with Crippen molar-refractivity contribution in [2.24, 2.45) is 0 Å². The zero-order valence-corrected chi connectivity index (χ0v) is 20.0. The van der Waals surface area contributed by atoms with Crippen molar-refractivity contribution in [1.29, 1.82) is 0 Å². The molecule has 3 aromatic rings. The summed E-state index contributed by atoms with van der Waals surface area (Å²) in [6.07, 6.45) is 0.912. The Morgan fingerprint density at radius 1 is 1.06 bits per heavy atom. The third kappa shape index (κ3) is 4.43. The molecule has 0 bridgehead atoms. The first-order valence-corrected chi connectivity index (χ1v) is 10.7. The van der Waals surface area contributed by atoms with Gasteiger partial charge in [-0.05, 0) is 42.5 Å². The predicted molar refractivity (Wildman–Crippen MR) is 123 cm³/mol. The van der Waals surface area contributed by atoms with Gasteiger partial charge in [0.2, 0.25) is 11.8 Å².